The SMILES string of the molecule is N#Cc1cnc(OC(F)(F)F)c(Cl)c1Cl. The Hall–Kier alpha value is -1.19. The molecule has 0 spiro atoms. The second-order valence-electron chi connectivity index (χ2n) is 2.26. The second-order valence-corrected chi connectivity index (χ2v) is 3.02. The summed E-state index contributed by atoms with van der Waals surface area (Å²) < 4.78 is 38.9. The van der Waals surface area contributed by atoms with Crippen LogP contribution < -0.4 is 4.74 Å². The third kappa shape index (κ3) is 2.88. The van der Waals surface area contributed by atoms with Gasteiger partial charge in [0, 0.05) is 0 Å². The normalized spacial score (nSPS) is 10.9. The number of ether oxygens (including phenoxy) is 1. The van der Waals surface area contributed by atoms with Crippen molar-refractivity contribution in [3.8, 4) is 11.9 Å². The highest BCUT2D eigenvalue weighted by Crippen LogP contribution is 2.34. The average Bonchev–Trinajstić information content (AvgIpc) is 2.11. The van der Waals surface area contributed by atoms with Crippen LogP contribution in [0.25, 0.3) is 0 Å². The Balaban J connectivity index is 3.14. The fourth-order valence-corrected chi connectivity index (χ4v) is 1.07. The quantitative estimate of drug-likeness (QED) is 0.776. The summed E-state index contributed by atoms with van der Waals surface area (Å²) in [6.07, 6.45) is -4.07. The first-order valence-corrected chi connectivity index (χ1v) is 4.10. The smallest absolute Gasteiger partial charge is 0.386 e. The van der Waals surface area contributed by atoms with Crippen LogP contribution >= 0.6 is 23.2 Å². The van der Waals surface area contributed by atoms with Crippen LogP contribution in [0.1, 0.15) is 5.56 Å². The van der Waals surface area contributed by atoms with E-state index in [1.165, 1.54) is 0 Å². The van der Waals surface area contributed by atoms with Crippen LogP contribution in [-0.2, 0) is 0 Å². The molecule has 3 nitrogen and oxygen atoms in total. The Morgan fingerprint density at radius 2 is 1.93 bits per heavy atom. The zero-order valence-electron chi connectivity index (χ0n) is 6.77. The summed E-state index contributed by atoms with van der Waals surface area (Å²) in [4.78, 5) is 3.21. The molecule has 0 radical (unpaired) electrons. The molecular formula is C7HCl2F3N2O. The number of aromatic nitrogens is 1. The highest BCUT2D eigenvalue weighted by Gasteiger charge is 2.33. The molecule has 0 aliphatic rings. The van der Waals surface area contributed by atoms with Gasteiger partial charge in [0.15, 0.2) is 0 Å². The molecule has 8 heteroatoms. The second kappa shape index (κ2) is 4.13. The van der Waals surface area contributed by atoms with Gasteiger partial charge < -0.3 is 4.74 Å². The molecule has 0 aliphatic carbocycles. The van der Waals surface area contributed by atoms with Crippen molar-refractivity contribution in [3.05, 3.63) is 21.8 Å². The zero-order valence-corrected chi connectivity index (χ0v) is 8.28. The van der Waals surface area contributed by atoms with Crippen LogP contribution in [0.15, 0.2) is 6.20 Å². The van der Waals surface area contributed by atoms with Gasteiger partial charge >= 0.3 is 6.36 Å². The van der Waals surface area contributed by atoms with E-state index in [1.807, 2.05) is 0 Å². The Labute approximate surface area is 92.0 Å². The number of hydrogen-bond donors (Lipinski definition) is 0. The van der Waals surface area contributed by atoms with E-state index in [0.717, 1.165) is 6.20 Å². The third-order valence-corrected chi connectivity index (χ3v) is 2.10. The van der Waals surface area contributed by atoms with E-state index in [2.05, 4.69) is 9.72 Å². The lowest BCUT2D eigenvalue weighted by Gasteiger charge is -2.09. The molecule has 0 N–H and O–H groups in total. The van der Waals surface area contributed by atoms with E-state index in [0.29, 0.717) is 0 Å². The maximum Gasteiger partial charge on any atom is 0.574 e. The molecule has 0 atom stereocenters. The summed E-state index contributed by atoms with van der Waals surface area (Å²) in [6.45, 7) is 0. The van der Waals surface area contributed by atoms with Crippen molar-refractivity contribution in [2.75, 3.05) is 0 Å². The van der Waals surface area contributed by atoms with Crippen molar-refractivity contribution >= 4 is 23.2 Å². The first kappa shape index (κ1) is 11.9. The average molecular weight is 257 g/mol. The summed E-state index contributed by atoms with van der Waals surface area (Å²) in [6, 6.07) is 1.61. The Morgan fingerprint density at radius 1 is 1.33 bits per heavy atom. The van der Waals surface area contributed by atoms with Gasteiger partial charge in [-0.2, -0.15) is 5.26 Å². The minimum absolute atomic E-state index is 0.129. The lowest BCUT2D eigenvalue weighted by Crippen LogP contribution is -2.18. The minimum atomic E-state index is -4.91. The van der Waals surface area contributed by atoms with Crippen molar-refractivity contribution in [3.63, 3.8) is 0 Å². The Kier molecular flexibility index (Phi) is 3.27. The molecule has 15 heavy (non-hydrogen) atoms. The van der Waals surface area contributed by atoms with Gasteiger partial charge in [-0.15, -0.1) is 13.2 Å². The van der Waals surface area contributed by atoms with Crippen LogP contribution in [0.3, 0.4) is 0 Å². The van der Waals surface area contributed by atoms with Crippen molar-refractivity contribution in [2.45, 2.75) is 6.36 Å². The van der Waals surface area contributed by atoms with Crippen molar-refractivity contribution in [2.24, 2.45) is 0 Å². The number of hydrogen-bond acceptors (Lipinski definition) is 3. The van der Waals surface area contributed by atoms with E-state index in [4.69, 9.17) is 28.5 Å². The number of pyridine rings is 1. The number of rotatable bonds is 1. The molecule has 80 valence electrons. The molecule has 0 saturated heterocycles. The zero-order chi connectivity index (χ0) is 11.6. The van der Waals surface area contributed by atoms with Crippen LogP contribution in [0.2, 0.25) is 10.0 Å². The van der Waals surface area contributed by atoms with Crippen molar-refractivity contribution in [1.82, 2.24) is 4.98 Å². The van der Waals surface area contributed by atoms with E-state index in [9.17, 15) is 13.2 Å². The van der Waals surface area contributed by atoms with Crippen molar-refractivity contribution < 1.29 is 17.9 Å². The monoisotopic (exact) mass is 256 g/mol. The highest BCUT2D eigenvalue weighted by molar-refractivity contribution is 6.43. The van der Waals surface area contributed by atoms with E-state index >= 15 is 0 Å². The van der Waals surface area contributed by atoms with Gasteiger partial charge in [-0.25, -0.2) is 4.98 Å². The molecule has 1 aromatic rings. The van der Waals surface area contributed by atoms with Gasteiger partial charge in [0.1, 0.15) is 11.1 Å². The summed E-state index contributed by atoms with van der Waals surface area (Å²) in [7, 11) is 0. The topological polar surface area (TPSA) is 45.9 Å². The third-order valence-electron chi connectivity index (χ3n) is 1.26. The fourth-order valence-electron chi connectivity index (χ4n) is 0.707. The molecular weight excluding hydrogens is 256 g/mol. The van der Waals surface area contributed by atoms with Gasteiger partial charge in [0.25, 0.3) is 0 Å². The molecule has 0 aliphatic heterocycles. The van der Waals surface area contributed by atoms with Gasteiger partial charge in [-0.3, -0.25) is 0 Å². The number of nitriles is 1. The summed E-state index contributed by atoms with van der Waals surface area (Å²) in [5, 5.41) is 7.60. The lowest BCUT2D eigenvalue weighted by atomic mass is 10.3. The standard InChI is InChI=1S/C7HCl2F3N2O/c8-4-3(1-13)2-14-6(5(4)9)15-7(10,11)12/h2H. The molecule has 1 heterocycles. The van der Waals surface area contributed by atoms with Gasteiger partial charge in [-0.1, -0.05) is 23.2 Å². The molecule has 0 amide bonds. The summed E-state index contributed by atoms with van der Waals surface area (Å²) >= 11 is 10.9. The largest absolute Gasteiger partial charge is 0.574 e. The maximum absolute atomic E-state index is 11.8. The lowest BCUT2D eigenvalue weighted by molar-refractivity contribution is -0.276. The van der Waals surface area contributed by atoms with Crippen LogP contribution in [0.4, 0.5) is 13.2 Å². The molecule has 0 bridgehead atoms. The molecule has 1 aromatic heterocycles. The minimum Gasteiger partial charge on any atom is -0.386 e. The number of halogens is 5. The Morgan fingerprint density at radius 3 is 2.40 bits per heavy atom. The first-order valence-electron chi connectivity index (χ1n) is 3.35. The molecule has 0 aromatic carbocycles. The van der Waals surface area contributed by atoms with Crippen LogP contribution in [0.5, 0.6) is 5.88 Å². The van der Waals surface area contributed by atoms with Crippen molar-refractivity contribution in [1.29, 1.82) is 5.26 Å². The van der Waals surface area contributed by atoms with Gasteiger partial charge in [0.2, 0.25) is 5.88 Å². The van der Waals surface area contributed by atoms with Gasteiger partial charge in [-0.05, 0) is 0 Å². The predicted octanol–water partition coefficient (Wildman–Crippen LogP) is 3.16. The fraction of sp³-hybridized carbons (Fsp3) is 0.143. The molecule has 0 fully saturated rings. The molecule has 0 unspecified atom stereocenters. The first-order chi connectivity index (χ1) is 6.85. The number of nitrogens with zero attached hydrogens (tertiary/aromatic N) is 2. The van der Waals surface area contributed by atoms with Crippen LogP contribution in [-0.4, -0.2) is 11.3 Å². The van der Waals surface area contributed by atoms with Crippen LogP contribution in [0, 0.1) is 11.3 Å². The maximum atomic E-state index is 11.8. The summed E-state index contributed by atoms with van der Waals surface area (Å²) in [5.74, 6) is -0.881. The van der Waals surface area contributed by atoms with E-state index in [1.54, 1.807) is 6.07 Å². The van der Waals surface area contributed by atoms with Gasteiger partial charge in [0.05, 0.1) is 16.8 Å². The highest BCUT2D eigenvalue weighted by atomic mass is 35.5. The van der Waals surface area contributed by atoms with E-state index in [-0.39, 0.29) is 10.6 Å². The summed E-state index contributed by atoms with van der Waals surface area (Å²) in [5.41, 5.74) is -0.129. The molecule has 1 rings (SSSR count). The molecule has 0 saturated carbocycles. The number of alkyl halides is 3. The van der Waals surface area contributed by atoms with E-state index < -0.39 is 17.3 Å². The Bertz CT molecular complexity index is 427. The predicted molar refractivity (Wildman–Crippen MR) is 45.7 cm³/mol.